The van der Waals surface area contributed by atoms with Gasteiger partial charge in [0.25, 0.3) is 5.91 Å². The topological polar surface area (TPSA) is 63.1 Å². The molecular weight excluding hydrogens is 335 g/mol. The molecule has 1 aliphatic rings. The summed E-state index contributed by atoms with van der Waals surface area (Å²) in [6, 6.07) is 8.52. The molecule has 1 saturated carbocycles. The molecule has 0 spiro atoms. The van der Waals surface area contributed by atoms with Crippen molar-refractivity contribution in [2.24, 2.45) is 13.0 Å². The summed E-state index contributed by atoms with van der Waals surface area (Å²) in [6.45, 7) is 0. The number of carbonyl (C=O) groups excluding carboxylic acids is 2. The van der Waals surface area contributed by atoms with Gasteiger partial charge in [0, 0.05) is 19.2 Å². The second kappa shape index (κ2) is 6.27. The van der Waals surface area contributed by atoms with Crippen LogP contribution >= 0.6 is 0 Å². The third kappa shape index (κ3) is 3.52. The molecule has 2 N–H and O–H groups in total. The fourth-order valence-corrected chi connectivity index (χ4v) is 2.88. The van der Waals surface area contributed by atoms with E-state index in [-0.39, 0.29) is 5.56 Å². The molecule has 1 fully saturated rings. The normalized spacial score (nSPS) is 19.4. The van der Waals surface area contributed by atoms with E-state index in [2.05, 4.69) is 10.9 Å². The van der Waals surface area contributed by atoms with Crippen molar-refractivity contribution in [3.63, 3.8) is 0 Å². The first-order valence-electron chi connectivity index (χ1n) is 7.66. The molecule has 3 rings (SSSR count). The van der Waals surface area contributed by atoms with E-state index >= 15 is 0 Å². The number of benzene rings is 1. The van der Waals surface area contributed by atoms with Crippen molar-refractivity contribution < 1.29 is 22.8 Å². The van der Waals surface area contributed by atoms with Gasteiger partial charge in [0.1, 0.15) is 5.69 Å². The molecule has 0 saturated heterocycles. The molecule has 2 amide bonds. The van der Waals surface area contributed by atoms with E-state index in [0.717, 1.165) is 6.07 Å². The van der Waals surface area contributed by atoms with E-state index in [0.29, 0.717) is 12.1 Å². The first-order valence-corrected chi connectivity index (χ1v) is 7.66. The molecule has 0 bridgehead atoms. The van der Waals surface area contributed by atoms with Gasteiger partial charge in [-0.2, -0.15) is 13.2 Å². The van der Waals surface area contributed by atoms with Crippen LogP contribution in [0.4, 0.5) is 13.2 Å². The van der Waals surface area contributed by atoms with Crippen molar-refractivity contribution in [3.05, 3.63) is 59.4 Å². The number of hydrogen-bond donors (Lipinski definition) is 2. The smallest absolute Gasteiger partial charge is 0.347 e. The number of alkyl halides is 3. The predicted molar refractivity (Wildman–Crippen MR) is 83.3 cm³/mol. The number of nitrogens with zero attached hydrogens (tertiary/aromatic N) is 1. The summed E-state index contributed by atoms with van der Waals surface area (Å²) in [5.74, 6) is -2.07. The minimum Gasteiger partial charge on any atom is -0.347 e. The van der Waals surface area contributed by atoms with Gasteiger partial charge in [-0.05, 0) is 36.1 Å². The summed E-state index contributed by atoms with van der Waals surface area (Å²) >= 11 is 0. The van der Waals surface area contributed by atoms with Crippen molar-refractivity contribution in [2.45, 2.75) is 18.5 Å². The van der Waals surface area contributed by atoms with Crippen LogP contribution < -0.4 is 10.9 Å². The summed E-state index contributed by atoms with van der Waals surface area (Å²) in [7, 11) is 1.68. The van der Waals surface area contributed by atoms with Gasteiger partial charge >= 0.3 is 6.18 Å². The molecule has 2 atom stereocenters. The van der Waals surface area contributed by atoms with Crippen molar-refractivity contribution in [2.75, 3.05) is 0 Å². The summed E-state index contributed by atoms with van der Waals surface area (Å²) < 4.78 is 40.7. The number of hydrogen-bond acceptors (Lipinski definition) is 2. The number of amides is 2. The second-order valence-electron chi connectivity index (χ2n) is 5.98. The maximum absolute atomic E-state index is 13.1. The van der Waals surface area contributed by atoms with Crippen LogP contribution in [0.3, 0.4) is 0 Å². The number of hydrazine groups is 1. The minimum atomic E-state index is -4.46. The van der Waals surface area contributed by atoms with Crippen LogP contribution in [0.5, 0.6) is 0 Å². The Morgan fingerprint density at radius 2 is 1.84 bits per heavy atom. The second-order valence-corrected chi connectivity index (χ2v) is 5.98. The van der Waals surface area contributed by atoms with Gasteiger partial charge in [-0.1, -0.05) is 18.2 Å². The standard InChI is InChI=1S/C17H16F3N3O2/c1-23-8-4-7-14(23)16(25)22-21-15(24)12-9-11(12)10-5-2-3-6-13(10)17(18,19)20/h2-8,11-12H,9H2,1H3,(H,21,24)(H,22,25)/t11-,12+/m0/s1. The molecule has 1 heterocycles. The van der Waals surface area contributed by atoms with Crippen LogP contribution in [0.25, 0.3) is 0 Å². The molecule has 2 aromatic rings. The van der Waals surface area contributed by atoms with Gasteiger partial charge in [-0.3, -0.25) is 20.4 Å². The van der Waals surface area contributed by atoms with Gasteiger partial charge in [0.05, 0.1) is 5.56 Å². The lowest BCUT2D eigenvalue weighted by Crippen LogP contribution is -2.43. The first-order chi connectivity index (χ1) is 11.8. The number of halogens is 3. The van der Waals surface area contributed by atoms with E-state index in [4.69, 9.17) is 0 Å². The molecule has 1 aromatic carbocycles. The monoisotopic (exact) mass is 351 g/mol. The van der Waals surface area contributed by atoms with E-state index in [9.17, 15) is 22.8 Å². The van der Waals surface area contributed by atoms with Crippen LogP contribution in [-0.4, -0.2) is 16.4 Å². The number of aromatic nitrogens is 1. The average molecular weight is 351 g/mol. The Balaban J connectivity index is 1.62. The van der Waals surface area contributed by atoms with Crippen LogP contribution in [0.1, 0.15) is 34.0 Å². The largest absolute Gasteiger partial charge is 0.416 e. The zero-order valence-corrected chi connectivity index (χ0v) is 13.3. The summed E-state index contributed by atoms with van der Waals surface area (Å²) in [5.41, 5.74) is 4.32. The van der Waals surface area contributed by atoms with Crippen LogP contribution in [-0.2, 0) is 18.0 Å². The third-order valence-corrected chi connectivity index (χ3v) is 4.27. The molecule has 1 aromatic heterocycles. The average Bonchev–Trinajstić information content (AvgIpc) is 3.25. The van der Waals surface area contributed by atoms with E-state index < -0.39 is 35.4 Å². The molecule has 5 nitrogen and oxygen atoms in total. The maximum atomic E-state index is 13.1. The maximum Gasteiger partial charge on any atom is 0.416 e. The van der Waals surface area contributed by atoms with Crippen LogP contribution in [0, 0.1) is 5.92 Å². The van der Waals surface area contributed by atoms with Gasteiger partial charge in [-0.15, -0.1) is 0 Å². The highest BCUT2D eigenvalue weighted by molar-refractivity contribution is 5.94. The fourth-order valence-electron chi connectivity index (χ4n) is 2.88. The first kappa shape index (κ1) is 17.1. The van der Waals surface area contributed by atoms with E-state index in [1.165, 1.54) is 18.2 Å². The molecule has 8 heteroatoms. The number of rotatable bonds is 3. The Labute approximate surface area is 141 Å². The molecule has 0 unspecified atom stereocenters. The fraction of sp³-hybridized carbons (Fsp3) is 0.294. The molecule has 25 heavy (non-hydrogen) atoms. The zero-order valence-electron chi connectivity index (χ0n) is 13.3. The van der Waals surface area contributed by atoms with E-state index in [1.807, 2.05) is 0 Å². The lowest BCUT2D eigenvalue weighted by atomic mass is 10.0. The van der Waals surface area contributed by atoms with Crippen molar-refractivity contribution >= 4 is 11.8 Å². The van der Waals surface area contributed by atoms with Crippen molar-refractivity contribution in [1.82, 2.24) is 15.4 Å². The van der Waals surface area contributed by atoms with Crippen LogP contribution in [0.15, 0.2) is 42.6 Å². The zero-order chi connectivity index (χ0) is 18.2. The van der Waals surface area contributed by atoms with Gasteiger partial charge < -0.3 is 4.57 Å². The number of aryl methyl sites for hydroxylation is 1. The Kier molecular flexibility index (Phi) is 4.28. The van der Waals surface area contributed by atoms with Gasteiger partial charge in [0.15, 0.2) is 0 Å². The minimum absolute atomic E-state index is 0.115. The third-order valence-electron chi connectivity index (χ3n) is 4.27. The highest BCUT2D eigenvalue weighted by Gasteiger charge is 2.47. The highest BCUT2D eigenvalue weighted by Crippen LogP contribution is 2.50. The van der Waals surface area contributed by atoms with Crippen molar-refractivity contribution in [1.29, 1.82) is 0 Å². The molecule has 1 aliphatic carbocycles. The lowest BCUT2D eigenvalue weighted by molar-refractivity contribution is -0.138. The van der Waals surface area contributed by atoms with Gasteiger partial charge in [-0.25, -0.2) is 0 Å². The quantitative estimate of drug-likeness (QED) is 0.835. The Morgan fingerprint density at radius 3 is 2.48 bits per heavy atom. The van der Waals surface area contributed by atoms with Crippen LogP contribution in [0.2, 0.25) is 0 Å². The number of nitrogens with one attached hydrogen (secondary N) is 2. The Morgan fingerprint density at radius 1 is 1.12 bits per heavy atom. The Bertz CT molecular complexity index is 813. The van der Waals surface area contributed by atoms with E-state index in [1.54, 1.807) is 29.9 Å². The summed E-state index contributed by atoms with van der Waals surface area (Å²) in [6.07, 6.45) is -2.46. The molecule has 0 radical (unpaired) electrons. The summed E-state index contributed by atoms with van der Waals surface area (Å²) in [4.78, 5) is 24.0. The van der Waals surface area contributed by atoms with Gasteiger partial charge in [0.2, 0.25) is 5.91 Å². The highest BCUT2D eigenvalue weighted by atomic mass is 19.4. The summed E-state index contributed by atoms with van der Waals surface area (Å²) in [5, 5.41) is 0. The SMILES string of the molecule is Cn1cccc1C(=O)NNC(=O)[C@@H]1C[C@H]1c1ccccc1C(F)(F)F. The molecule has 132 valence electrons. The molecular formula is C17H16F3N3O2. The molecule has 0 aliphatic heterocycles. The van der Waals surface area contributed by atoms with Crippen molar-refractivity contribution in [3.8, 4) is 0 Å². The number of carbonyl (C=O) groups is 2. The Hall–Kier alpha value is -2.77. The predicted octanol–water partition coefficient (Wildman–Crippen LogP) is 2.61. The lowest BCUT2D eigenvalue weighted by Gasteiger charge is -2.12.